The Morgan fingerprint density at radius 2 is 1.51 bits per heavy atom. The first-order valence-corrected chi connectivity index (χ1v) is 13.8. The van der Waals surface area contributed by atoms with Gasteiger partial charge in [0.2, 0.25) is 11.8 Å². The van der Waals surface area contributed by atoms with Crippen LogP contribution in [0.1, 0.15) is 23.1 Å². The lowest BCUT2D eigenvalue weighted by Gasteiger charge is -2.26. The fourth-order valence-corrected chi connectivity index (χ4v) is 4.73. The SMILES string of the molecule is O=C(COCCOCCN1C(=O)C(Br)=C(Br)C1=O)NCCC(=O)N1Cc2ccccc2C#Cc2ccccc21. The number of hydrogen-bond acceptors (Lipinski definition) is 6. The Bertz CT molecular complexity index is 1360. The molecule has 202 valence electrons. The molecule has 0 unspecified atom stereocenters. The molecule has 0 aliphatic carbocycles. The van der Waals surface area contributed by atoms with Gasteiger partial charge in [-0.3, -0.25) is 24.1 Å². The minimum atomic E-state index is -0.420. The number of fused-ring (bicyclic) bond motifs is 2. The van der Waals surface area contributed by atoms with Crippen molar-refractivity contribution in [3.8, 4) is 11.8 Å². The number of nitrogens with zero attached hydrogens (tertiary/aromatic N) is 2. The molecule has 0 saturated carbocycles. The third kappa shape index (κ3) is 7.22. The number of imide groups is 1. The first kappa shape index (κ1) is 28.7. The highest BCUT2D eigenvalue weighted by Crippen LogP contribution is 2.29. The van der Waals surface area contributed by atoms with Crippen molar-refractivity contribution in [2.45, 2.75) is 13.0 Å². The molecule has 4 amide bonds. The monoisotopic (exact) mass is 657 g/mol. The lowest BCUT2D eigenvalue weighted by Crippen LogP contribution is -2.36. The Kier molecular flexibility index (Phi) is 10.1. The number of nitrogens with one attached hydrogen (secondary N) is 1. The van der Waals surface area contributed by atoms with E-state index >= 15 is 0 Å². The average molecular weight is 659 g/mol. The Labute approximate surface area is 242 Å². The molecule has 2 aliphatic heterocycles. The molecule has 9 nitrogen and oxygen atoms in total. The topological polar surface area (TPSA) is 105 Å². The number of anilines is 1. The maximum atomic E-state index is 13.2. The molecule has 2 aromatic carbocycles. The molecule has 2 heterocycles. The summed E-state index contributed by atoms with van der Waals surface area (Å²) in [7, 11) is 0. The summed E-state index contributed by atoms with van der Waals surface area (Å²) in [6.07, 6.45) is 0.119. The zero-order valence-electron chi connectivity index (χ0n) is 20.9. The molecular weight excluding hydrogens is 634 g/mol. The largest absolute Gasteiger partial charge is 0.377 e. The van der Waals surface area contributed by atoms with Crippen molar-refractivity contribution >= 4 is 61.2 Å². The van der Waals surface area contributed by atoms with Gasteiger partial charge < -0.3 is 19.7 Å². The Morgan fingerprint density at radius 1 is 0.872 bits per heavy atom. The maximum Gasteiger partial charge on any atom is 0.269 e. The maximum absolute atomic E-state index is 13.2. The summed E-state index contributed by atoms with van der Waals surface area (Å²) >= 11 is 6.13. The van der Waals surface area contributed by atoms with Gasteiger partial charge >= 0.3 is 0 Å². The van der Waals surface area contributed by atoms with Crippen molar-refractivity contribution in [2.75, 3.05) is 44.4 Å². The summed E-state index contributed by atoms with van der Waals surface area (Å²) in [6.45, 7) is 0.978. The van der Waals surface area contributed by atoms with Gasteiger partial charge in [0.05, 0.1) is 38.6 Å². The lowest BCUT2D eigenvalue weighted by atomic mass is 10.0. The molecule has 2 aromatic rings. The molecule has 11 heteroatoms. The highest BCUT2D eigenvalue weighted by Gasteiger charge is 2.35. The molecule has 2 aliphatic rings. The van der Waals surface area contributed by atoms with Crippen molar-refractivity contribution < 1.29 is 28.7 Å². The second kappa shape index (κ2) is 13.7. The van der Waals surface area contributed by atoms with Crippen molar-refractivity contribution in [3.63, 3.8) is 0 Å². The predicted octanol–water partition coefficient (Wildman–Crippen LogP) is 2.84. The van der Waals surface area contributed by atoms with Gasteiger partial charge in [0.15, 0.2) is 0 Å². The molecule has 4 rings (SSSR count). The molecule has 39 heavy (non-hydrogen) atoms. The van der Waals surface area contributed by atoms with Crippen LogP contribution in [-0.4, -0.2) is 68.0 Å². The summed E-state index contributed by atoms with van der Waals surface area (Å²) in [5.74, 6) is 5.04. The van der Waals surface area contributed by atoms with E-state index in [9.17, 15) is 19.2 Å². The zero-order chi connectivity index (χ0) is 27.8. The van der Waals surface area contributed by atoms with Crippen LogP contribution in [0.5, 0.6) is 0 Å². The van der Waals surface area contributed by atoms with Crippen LogP contribution in [0.2, 0.25) is 0 Å². The lowest BCUT2D eigenvalue weighted by molar-refractivity contribution is -0.138. The second-order valence-electron chi connectivity index (χ2n) is 8.56. The van der Waals surface area contributed by atoms with E-state index in [1.807, 2.05) is 48.5 Å². The number of carbonyl (C=O) groups is 4. The van der Waals surface area contributed by atoms with Gasteiger partial charge in [-0.05, 0) is 55.6 Å². The normalized spacial score (nSPS) is 14.3. The summed E-state index contributed by atoms with van der Waals surface area (Å²) in [6, 6.07) is 15.3. The Hall–Kier alpha value is -3.30. The van der Waals surface area contributed by atoms with Gasteiger partial charge in [-0.1, -0.05) is 42.2 Å². The van der Waals surface area contributed by atoms with Crippen LogP contribution in [0.3, 0.4) is 0 Å². The highest BCUT2D eigenvalue weighted by molar-refractivity contribution is 9.14. The van der Waals surface area contributed by atoms with E-state index in [4.69, 9.17) is 9.47 Å². The molecule has 1 N–H and O–H groups in total. The minimum Gasteiger partial charge on any atom is -0.377 e. The molecule has 0 radical (unpaired) electrons. The summed E-state index contributed by atoms with van der Waals surface area (Å²) in [4.78, 5) is 52.0. The summed E-state index contributed by atoms with van der Waals surface area (Å²) < 4.78 is 11.1. The predicted molar refractivity (Wildman–Crippen MR) is 151 cm³/mol. The van der Waals surface area contributed by atoms with E-state index < -0.39 is 11.8 Å². The van der Waals surface area contributed by atoms with Crippen molar-refractivity contribution in [1.82, 2.24) is 10.2 Å². The number of rotatable bonds is 11. The fourth-order valence-electron chi connectivity index (χ4n) is 3.96. The molecular formula is C28H25Br2N3O6. The Morgan fingerprint density at radius 3 is 2.28 bits per heavy atom. The van der Waals surface area contributed by atoms with Crippen molar-refractivity contribution in [1.29, 1.82) is 0 Å². The van der Waals surface area contributed by atoms with Crippen LogP contribution in [0.4, 0.5) is 5.69 Å². The van der Waals surface area contributed by atoms with Crippen LogP contribution >= 0.6 is 31.9 Å². The standard InChI is InChI=1S/C28H25Br2N3O6/c29-25-26(30)28(37)32(27(25)36)13-14-38-15-16-39-18-23(34)31-12-11-24(35)33-17-21-7-2-1-5-19(21)9-10-20-6-3-4-8-22(20)33/h1-8H,11-18H2,(H,31,34). The zero-order valence-corrected chi connectivity index (χ0v) is 24.0. The van der Waals surface area contributed by atoms with Gasteiger partial charge in [-0.25, -0.2) is 0 Å². The van der Waals surface area contributed by atoms with Gasteiger partial charge in [0.1, 0.15) is 15.6 Å². The smallest absolute Gasteiger partial charge is 0.269 e. The summed E-state index contributed by atoms with van der Waals surface area (Å²) in [5, 5.41) is 2.71. The third-order valence-corrected chi connectivity index (χ3v) is 7.96. The van der Waals surface area contributed by atoms with E-state index in [0.29, 0.717) is 6.54 Å². The van der Waals surface area contributed by atoms with E-state index in [-0.39, 0.29) is 66.7 Å². The van der Waals surface area contributed by atoms with E-state index in [1.165, 1.54) is 0 Å². The highest BCUT2D eigenvalue weighted by atomic mass is 79.9. The van der Waals surface area contributed by atoms with Gasteiger partial charge in [0, 0.05) is 24.1 Å². The van der Waals surface area contributed by atoms with Crippen molar-refractivity contribution in [2.24, 2.45) is 0 Å². The van der Waals surface area contributed by atoms with Crippen molar-refractivity contribution in [3.05, 3.63) is 74.2 Å². The average Bonchev–Trinajstić information content (AvgIpc) is 3.11. The summed E-state index contributed by atoms with van der Waals surface area (Å²) in [5.41, 5.74) is 3.36. The van der Waals surface area contributed by atoms with Crippen LogP contribution < -0.4 is 10.2 Å². The van der Waals surface area contributed by atoms with E-state index in [2.05, 4.69) is 49.0 Å². The molecule has 0 bridgehead atoms. The fraction of sp³-hybridized carbons (Fsp3) is 0.286. The second-order valence-corrected chi connectivity index (χ2v) is 10.1. The minimum absolute atomic E-state index is 0.107. The van der Waals surface area contributed by atoms with Gasteiger partial charge in [0.25, 0.3) is 11.8 Å². The number of halogens is 2. The van der Waals surface area contributed by atoms with Crippen LogP contribution in [0, 0.1) is 11.8 Å². The van der Waals surface area contributed by atoms with E-state index in [1.54, 1.807) is 4.90 Å². The van der Waals surface area contributed by atoms with Gasteiger partial charge in [-0.15, -0.1) is 0 Å². The molecule has 0 aromatic heterocycles. The first-order chi connectivity index (χ1) is 18.9. The number of ether oxygens (including phenoxy) is 2. The number of para-hydroxylation sites is 1. The van der Waals surface area contributed by atoms with Crippen LogP contribution in [-0.2, 0) is 35.2 Å². The number of benzene rings is 2. The van der Waals surface area contributed by atoms with Crippen LogP contribution in [0.25, 0.3) is 0 Å². The van der Waals surface area contributed by atoms with E-state index in [0.717, 1.165) is 27.3 Å². The molecule has 0 saturated heterocycles. The number of carbonyl (C=O) groups excluding carboxylic acids is 4. The van der Waals surface area contributed by atoms with Crippen LogP contribution in [0.15, 0.2) is 57.5 Å². The Balaban J connectivity index is 1.15. The molecule has 0 fully saturated rings. The number of hydrogen-bond donors (Lipinski definition) is 1. The number of amides is 4. The first-order valence-electron chi connectivity index (χ1n) is 12.2. The quantitative estimate of drug-likeness (QED) is 0.226. The molecule has 0 atom stereocenters. The van der Waals surface area contributed by atoms with Gasteiger partial charge in [-0.2, -0.15) is 0 Å². The third-order valence-electron chi connectivity index (χ3n) is 5.96. The molecule has 0 spiro atoms.